The quantitative estimate of drug-likeness (QED) is 0.597. The molecule has 132 valence electrons. The Morgan fingerprint density at radius 2 is 1.92 bits per heavy atom. The third-order valence-corrected chi connectivity index (χ3v) is 5.05. The number of nitrogens with zero attached hydrogens (tertiary/aromatic N) is 1. The van der Waals surface area contributed by atoms with Crippen molar-refractivity contribution in [3.8, 4) is 0 Å². The van der Waals surface area contributed by atoms with Crippen molar-refractivity contribution in [2.75, 3.05) is 6.61 Å². The van der Waals surface area contributed by atoms with Crippen LogP contribution in [0.2, 0.25) is 0 Å². The van der Waals surface area contributed by atoms with E-state index in [2.05, 4.69) is 0 Å². The molecular formula is C19H20ClNO4. The topological polar surface area (TPSA) is 63.7 Å². The molecule has 1 aliphatic carbocycles. The second-order valence-electron chi connectivity index (χ2n) is 6.31. The highest BCUT2D eigenvalue weighted by Gasteiger charge is 2.52. The number of ether oxygens (including phenoxy) is 1. The fraction of sp³-hybridized carbons (Fsp3) is 0.421. The molecule has 0 radical (unpaired) electrons. The molecular weight excluding hydrogens is 342 g/mol. The van der Waals surface area contributed by atoms with E-state index >= 15 is 0 Å². The molecule has 0 unspecified atom stereocenters. The van der Waals surface area contributed by atoms with Crippen molar-refractivity contribution in [2.24, 2.45) is 11.8 Å². The lowest BCUT2D eigenvalue weighted by atomic mass is 9.85. The van der Waals surface area contributed by atoms with E-state index in [-0.39, 0.29) is 24.8 Å². The van der Waals surface area contributed by atoms with E-state index < -0.39 is 23.8 Å². The molecule has 1 aromatic rings. The van der Waals surface area contributed by atoms with Gasteiger partial charge in [0.05, 0.1) is 18.4 Å². The van der Waals surface area contributed by atoms with Crippen LogP contribution >= 0.6 is 11.6 Å². The Balaban J connectivity index is 1.89. The summed E-state index contributed by atoms with van der Waals surface area (Å²) in [4.78, 5) is 39.3. The number of rotatable bonds is 5. The lowest BCUT2D eigenvalue weighted by Crippen LogP contribution is -2.47. The molecule has 2 aliphatic rings. The number of benzene rings is 1. The van der Waals surface area contributed by atoms with Crippen molar-refractivity contribution in [3.05, 3.63) is 47.0 Å². The number of fused-ring (bicyclic) bond motifs is 1. The van der Waals surface area contributed by atoms with Crippen LogP contribution in [-0.2, 0) is 25.5 Å². The molecule has 0 N–H and O–H groups in total. The van der Waals surface area contributed by atoms with E-state index in [1.165, 1.54) is 0 Å². The fourth-order valence-electron chi connectivity index (χ4n) is 3.52. The van der Waals surface area contributed by atoms with E-state index in [1.807, 2.05) is 30.3 Å². The van der Waals surface area contributed by atoms with Crippen LogP contribution in [0.3, 0.4) is 0 Å². The first-order valence-electron chi connectivity index (χ1n) is 8.45. The minimum absolute atomic E-state index is 0.195. The molecule has 3 atom stereocenters. The summed E-state index contributed by atoms with van der Waals surface area (Å²) in [6.45, 7) is 1.90. The fourth-order valence-corrected chi connectivity index (χ4v) is 3.77. The summed E-state index contributed by atoms with van der Waals surface area (Å²) in [5, 5.41) is 0.597. The maximum atomic E-state index is 12.8. The molecule has 0 saturated carbocycles. The van der Waals surface area contributed by atoms with Gasteiger partial charge in [-0.3, -0.25) is 14.5 Å². The lowest BCUT2D eigenvalue weighted by Gasteiger charge is -2.25. The first-order valence-corrected chi connectivity index (χ1v) is 8.82. The Labute approximate surface area is 151 Å². The van der Waals surface area contributed by atoms with Crippen molar-refractivity contribution < 1.29 is 19.1 Å². The van der Waals surface area contributed by atoms with Crippen LogP contribution in [0.5, 0.6) is 0 Å². The molecule has 1 aromatic carbocycles. The van der Waals surface area contributed by atoms with Crippen molar-refractivity contribution >= 4 is 29.4 Å². The van der Waals surface area contributed by atoms with Crippen molar-refractivity contribution in [3.63, 3.8) is 0 Å². The highest BCUT2D eigenvalue weighted by atomic mass is 35.5. The SMILES string of the molecule is CCOC(=O)[C@@H](Cc1ccccc1)N1C(=O)[C@H]2CC=C(Cl)C[C@@H]2C1=O. The minimum atomic E-state index is -0.938. The number of hydrogen-bond acceptors (Lipinski definition) is 4. The Morgan fingerprint density at radius 1 is 1.24 bits per heavy atom. The van der Waals surface area contributed by atoms with E-state index in [9.17, 15) is 14.4 Å². The Morgan fingerprint density at radius 3 is 2.60 bits per heavy atom. The molecule has 0 spiro atoms. The van der Waals surface area contributed by atoms with Crippen LogP contribution in [0.4, 0.5) is 0 Å². The number of esters is 1. The van der Waals surface area contributed by atoms with Gasteiger partial charge in [0.15, 0.2) is 0 Å². The normalized spacial score (nSPS) is 23.9. The van der Waals surface area contributed by atoms with Gasteiger partial charge in [-0.2, -0.15) is 0 Å². The number of carbonyl (C=O) groups is 3. The van der Waals surface area contributed by atoms with Crippen LogP contribution in [-0.4, -0.2) is 35.3 Å². The summed E-state index contributed by atoms with van der Waals surface area (Å²) < 4.78 is 5.14. The molecule has 25 heavy (non-hydrogen) atoms. The van der Waals surface area contributed by atoms with Crippen LogP contribution in [0.25, 0.3) is 0 Å². The van der Waals surface area contributed by atoms with Crippen LogP contribution in [0, 0.1) is 11.8 Å². The van der Waals surface area contributed by atoms with E-state index in [0.29, 0.717) is 17.9 Å². The smallest absolute Gasteiger partial charge is 0.329 e. The number of carbonyl (C=O) groups excluding carboxylic acids is 3. The molecule has 1 saturated heterocycles. The van der Waals surface area contributed by atoms with Gasteiger partial charge in [-0.1, -0.05) is 48.0 Å². The largest absolute Gasteiger partial charge is 0.464 e. The van der Waals surface area contributed by atoms with Gasteiger partial charge >= 0.3 is 5.97 Å². The summed E-state index contributed by atoms with van der Waals surface area (Å²) in [6.07, 6.45) is 2.82. The Kier molecular flexibility index (Phi) is 5.23. The molecule has 1 heterocycles. The average Bonchev–Trinajstić information content (AvgIpc) is 2.84. The maximum Gasteiger partial charge on any atom is 0.329 e. The Hall–Kier alpha value is -2.14. The van der Waals surface area contributed by atoms with E-state index in [4.69, 9.17) is 16.3 Å². The number of halogens is 1. The highest BCUT2D eigenvalue weighted by molar-refractivity contribution is 6.30. The molecule has 3 rings (SSSR count). The zero-order chi connectivity index (χ0) is 18.0. The van der Waals surface area contributed by atoms with Gasteiger partial charge in [-0.05, 0) is 25.3 Å². The summed E-state index contributed by atoms with van der Waals surface area (Å²) in [7, 11) is 0. The second kappa shape index (κ2) is 7.40. The van der Waals surface area contributed by atoms with Crippen LogP contribution in [0.15, 0.2) is 41.4 Å². The van der Waals surface area contributed by atoms with Crippen molar-refractivity contribution in [1.29, 1.82) is 0 Å². The van der Waals surface area contributed by atoms with Gasteiger partial charge in [0.2, 0.25) is 11.8 Å². The number of amides is 2. The van der Waals surface area contributed by atoms with Crippen LogP contribution in [0.1, 0.15) is 25.3 Å². The molecule has 0 aromatic heterocycles. The number of allylic oxidation sites excluding steroid dienone is 2. The number of imide groups is 1. The van der Waals surface area contributed by atoms with E-state index in [0.717, 1.165) is 10.5 Å². The lowest BCUT2D eigenvalue weighted by molar-refractivity contribution is -0.158. The van der Waals surface area contributed by atoms with Gasteiger partial charge in [0.1, 0.15) is 6.04 Å². The van der Waals surface area contributed by atoms with E-state index in [1.54, 1.807) is 13.0 Å². The molecule has 5 nitrogen and oxygen atoms in total. The van der Waals surface area contributed by atoms with Gasteiger partial charge in [-0.15, -0.1) is 0 Å². The number of hydrogen-bond donors (Lipinski definition) is 0. The zero-order valence-electron chi connectivity index (χ0n) is 14.0. The van der Waals surface area contributed by atoms with Gasteiger partial charge < -0.3 is 4.74 Å². The van der Waals surface area contributed by atoms with Gasteiger partial charge in [-0.25, -0.2) is 4.79 Å². The third kappa shape index (κ3) is 3.47. The molecule has 1 fully saturated rings. The highest BCUT2D eigenvalue weighted by Crippen LogP contribution is 2.40. The predicted molar refractivity (Wildman–Crippen MR) is 92.6 cm³/mol. The second-order valence-corrected chi connectivity index (χ2v) is 6.79. The third-order valence-electron chi connectivity index (χ3n) is 4.75. The summed E-state index contributed by atoms with van der Waals surface area (Å²) in [5.74, 6) is -2.08. The zero-order valence-corrected chi connectivity index (χ0v) is 14.7. The van der Waals surface area contributed by atoms with Crippen molar-refractivity contribution in [2.45, 2.75) is 32.2 Å². The maximum absolute atomic E-state index is 12.8. The molecule has 6 heteroatoms. The summed E-state index contributed by atoms with van der Waals surface area (Å²) >= 11 is 6.05. The molecule has 0 bridgehead atoms. The summed E-state index contributed by atoms with van der Waals surface area (Å²) in [6, 6.07) is 8.37. The van der Waals surface area contributed by atoms with Crippen LogP contribution < -0.4 is 0 Å². The predicted octanol–water partition coefficient (Wildman–Crippen LogP) is 2.68. The minimum Gasteiger partial charge on any atom is -0.464 e. The standard InChI is InChI=1S/C19H20ClNO4/c1-2-25-19(24)16(10-12-6-4-3-5-7-12)21-17(22)14-9-8-13(20)11-15(14)18(21)23/h3-8,14-16H,2,9-11H2,1H3/t14-,15-,16+/m0/s1. The Bertz CT molecular complexity index is 715. The average molecular weight is 362 g/mol. The van der Waals surface area contributed by atoms with Gasteiger partial charge in [0.25, 0.3) is 0 Å². The monoisotopic (exact) mass is 361 g/mol. The van der Waals surface area contributed by atoms with Crippen molar-refractivity contribution in [1.82, 2.24) is 4.90 Å². The first kappa shape index (κ1) is 17.7. The summed E-state index contributed by atoms with van der Waals surface area (Å²) in [5.41, 5.74) is 0.868. The first-order chi connectivity index (χ1) is 12.0. The molecule has 2 amide bonds. The molecule has 1 aliphatic heterocycles. The number of likely N-dealkylation sites (tertiary alicyclic amines) is 1. The van der Waals surface area contributed by atoms with Gasteiger partial charge in [0, 0.05) is 11.5 Å².